The molecule has 20 heavy (non-hydrogen) atoms. The maximum Gasteiger partial charge on any atom is 0.162 e. The molecule has 1 saturated carbocycles. The first kappa shape index (κ1) is 11.7. The van der Waals surface area contributed by atoms with Crippen LogP contribution in [0.15, 0.2) is 36.5 Å². The van der Waals surface area contributed by atoms with Crippen LogP contribution in [0, 0.1) is 0 Å². The van der Waals surface area contributed by atoms with Crippen LogP contribution in [0.5, 0.6) is 0 Å². The second kappa shape index (κ2) is 4.21. The molecule has 4 rings (SSSR count). The lowest BCUT2D eigenvalue weighted by Crippen LogP contribution is -2.01. The molecule has 100 valence electrons. The SMILES string of the molecule is Nc1cccnc1-c1nc2cc(Cl)ccc2n1C1CC1. The van der Waals surface area contributed by atoms with Crippen LogP contribution in [0.4, 0.5) is 5.69 Å². The number of benzene rings is 1. The molecule has 1 aliphatic rings. The van der Waals surface area contributed by atoms with Crippen molar-refractivity contribution in [2.24, 2.45) is 0 Å². The molecular weight excluding hydrogens is 272 g/mol. The zero-order valence-electron chi connectivity index (χ0n) is 10.8. The molecule has 2 N–H and O–H groups in total. The van der Waals surface area contributed by atoms with Gasteiger partial charge in [0.2, 0.25) is 0 Å². The second-order valence-electron chi connectivity index (χ2n) is 5.11. The molecule has 5 heteroatoms. The molecule has 0 radical (unpaired) electrons. The number of rotatable bonds is 2. The summed E-state index contributed by atoms with van der Waals surface area (Å²) in [6.07, 6.45) is 4.09. The highest BCUT2D eigenvalue weighted by Gasteiger charge is 2.29. The summed E-state index contributed by atoms with van der Waals surface area (Å²) < 4.78 is 2.24. The van der Waals surface area contributed by atoms with E-state index in [9.17, 15) is 0 Å². The number of nitrogen functional groups attached to an aromatic ring is 1. The van der Waals surface area contributed by atoms with Crippen LogP contribution in [0.25, 0.3) is 22.6 Å². The smallest absolute Gasteiger partial charge is 0.162 e. The van der Waals surface area contributed by atoms with Gasteiger partial charge in [-0.15, -0.1) is 0 Å². The van der Waals surface area contributed by atoms with Gasteiger partial charge in [-0.05, 0) is 43.2 Å². The Morgan fingerprint density at radius 2 is 2.10 bits per heavy atom. The minimum absolute atomic E-state index is 0.498. The first-order valence-corrected chi connectivity index (χ1v) is 7.00. The maximum atomic E-state index is 6.06. The molecule has 1 fully saturated rings. The Morgan fingerprint density at radius 1 is 1.25 bits per heavy atom. The average Bonchev–Trinajstić information content (AvgIpc) is 3.20. The fraction of sp³-hybridized carbons (Fsp3) is 0.200. The number of nitrogens with zero attached hydrogens (tertiary/aromatic N) is 3. The standard InChI is InChI=1S/C15H13ClN4/c16-9-3-6-13-12(8-9)19-15(20(13)10-4-5-10)14-11(17)2-1-7-18-14/h1-3,6-8,10H,4-5,17H2. The zero-order chi connectivity index (χ0) is 13.7. The lowest BCUT2D eigenvalue weighted by atomic mass is 10.3. The van der Waals surface area contributed by atoms with Crippen LogP contribution >= 0.6 is 11.6 Å². The van der Waals surface area contributed by atoms with Gasteiger partial charge in [0.1, 0.15) is 5.69 Å². The van der Waals surface area contributed by atoms with Crippen LogP contribution in [0.3, 0.4) is 0 Å². The van der Waals surface area contributed by atoms with E-state index in [1.807, 2.05) is 30.3 Å². The van der Waals surface area contributed by atoms with Gasteiger partial charge in [-0.25, -0.2) is 4.98 Å². The third-order valence-corrected chi connectivity index (χ3v) is 3.85. The van der Waals surface area contributed by atoms with E-state index in [0.29, 0.717) is 16.8 Å². The van der Waals surface area contributed by atoms with E-state index in [1.54, 1.807) is 6.20 Å². The molecule has 0 bridgehead atoms. The number of fused-ring (bicyclic) bond motifs is 1. The normalized spacial score (nSPS) is 14.8. The van der Waals surface area contributed by atoms with E-state index < -0.39 is 0 Å². The number of pyridine rings is 1. The molecular formula is C15H13ClN4. The Hall–Kier alpha value is -2.07. The van der Waals surface area contributed by atoms with Crippen molar-refractivity contribution in [3.05, 3.63) is 41.6 Å². The number of hydrogen-bond donors (Lipinski definition) is 1. The molecule has 0 aliphatic heterocycles. The summed E-state index contributed by atoms with van der Waals surface area (Å²) in [5, 5.41) is 0.693. The second-order valence-corrected chi connectivity index (χ2v) is 5.55. The van der Waals surface area contributed by atoms with E-state index in [1.165, 1.54) is 12.8 Å². The monoisotopic (exact) mass is 284 g/mol. The molecule has 3 aromatic rings. The van der Waals surface area contributed by atoms with Crippen LogP contribution in [-0.4, -0.2) is 14.5 Å². The van der Waals surface area contributed by atoms with Gasteiger partial charge in [-0.3, -0.25) is 4.98 Å². The van der Waals surface area contributed by atoms with Crippen LogP contribution in [0.2, 0.25) is 5.02 Å². The topological polar surface area (TPSA) is 56.7 Å². The average molecular weight is 285 g/mol. The predicted octanol–water partition coefficient (Wildman–Crippen LogP) is 3.67. The highest BCUT2D eigenvalue weighted by atomic mass is 35.5. The lowest BCUT2D eigenvalue weighted by Gasteiger charge is -2.08. The van der Waals surface area contributed by atoms with Gasteiger partial charge in [0.05, 0.1) is 16.7 Å². The number of imidazole rings is 1. The largest absolute Gasteiger partial charge is 0.397 e. The van der Waals surface area contributed by atoms with Crippen molar-refractivity contribution in [3.8, 4) is 11.5 Å². The van der Waals surface area contributed by atoms with Crippen LogP contribution < -0.4 is 5.73 Å². The van der Waals surface area contributed by atoms with Gasteiger partial charge < -0.3 is 10.3 Å². The van der Waals surface area contributed by atoms with Crippen LogP contribution in [-0.2, 0) is 0 Å². The van der Waals surface area contributed by atoms with Crippen LogP contribution in [0.1, 0.15) is 18.9 Å². The molecule has 1 aromatic carbocycles. The molecule has 0 amide bonds. The fourth-order valence-electron chi connectivity index (χ4n) is 2.55. The van der Waals surface area contributed by atoms with Gasteiger partial charge in [0.25, 0.3) is 0 Å². The molecule has 2 heterocycles. The Labute approximate surface area is 121 Å². The van der Waals surface area contributed by atoms with Gasteiger partial charge in [0, 0.05) is 17.3 Å². The van der Waals surface area contributed by atoms with Crippen molar-refractivity contribution in [1.82, 2.24) is 14.5 Å². The van der Waals surface area contributed by atoms with E-state index in [-0.39, 0.29) is 0 Å². The summed E-state index contributed by atoms with van der Waals surface area (Å²) in [7, 11) is 0. The Bertz CT molecular complexity index is 805. The Kier molecular flexibility index (Phi) is 2.47. The number of halogens is 1. The van der Waals surface area contributed by atoms with Crippen molar-refractivity contribution in [2.75, 3.05) is 5.73 Å². The van der Waals surface area contributed by atoms with E-state index in [2.05, 4.69) is 9.55 Å². The summed E-state index contributed by atoms with van der Waals surface area (Å²) in [4.78, 5) is 9.10. The fourth-order valence-corrected chi connectivity index (χ4v) is 2.71. The quantitative estimate of drug-likeness (QED) is 0.781. The predicted molar refractivity (Wildman–Crippen MR) is 80.7 cm³/mol. The third kappa shape index (κ3) is 1.76. The summed E-state index contributed by atoms with van der Waals surface area (Å²) in [5.74, 6) is 0.836. The minimum Gasteiger partial charge on any atom is -0.397 e. The number of nitrogens with two attached hydrogens (primary N) is 1. The molecule has 2 aromatic heterocycles. The van der Waals surface area contributed by atoms with Crippen molar-refractivity contribution in [3.63, 3.8) is 0 Å². The van der Waals surface area contributed by atoms with Crippen molar-refractivity contribution in [1.29, 1.82) is 0 Å². The van der Waals surface area contributed by atoms with Crippen molar-refractivity contribution in [2.45, 2.75) is 18.9 Å². The molecule has 1 aliphatic carbocycles. The molecule has 0 atom stereocenters. The van der Waals surface area contributed by atoms with Gasteiger partial charge in [-0.1, -0.05) is 11.6 Å². The first-order valence-electron chi connectivity index (χ1n) is 6.62. The molecule has 0 saturated heterocycles. The van der Waals surface area contributed by atoms with Gasteiger partial charge in [0.15, 0.2) is 5.82 Å². The van der Waals surface area contributed by atoms with Crippen molar-refractivity contribution < 1.29 is 0 Å². The summed E-state index contributed by atoms with van der Waals surface area (Å²) >= 11 is 6.06. The number of anilines is 1. The molecule has 0 unspecified atom stereocenters. The summed E-state index contributed by atoms with van der Waals surface area (Å²) in [5.41, 5.74) is 9.43. The lowest BCUT2D eigenvalue weighted by molar-refractivity contribution is 0.772. The van der Waals surface area contributed by atoms with Gasteiger partial charge in [-0.2, -0.15) is 0 Å². The third-order valence-electron chi connectivity index (χ3n) is 3.61. The number of aromatic nitrogens is 3. The molecule has 0 spiro atoms. The molecule has 4 nitrogen and oxygen atoms in total. The number of hydrogen-bond acceptors (Lipinski definition) is 3. The van der Waals surface area contributed by atoms with E-state index in [4.69, 9.17) is 22.3 Å². The zero-order valence-corrected chi connectivity index (χ0v) is 11.5. The maximum absolute atomic E-state index is 6.06. The first-order chi connectivity index (χ1) is 9.74. The highest BCUT2D eigenvalue weighted by Crippen LogP contribution is 2.41. The minimum atomic E-state index is 0.498. The van der Waals surface area contributed by atoms with E-state index in [0.717, 1.165) is 22.6 Å². The van der Waals surface area contributed by atoms with Crippen molar-refractivity contribution >= 4 is 28.3 Å². The van der Waals surface area contributed by atoms with E-state index >= 15 is 0 Å². The Morgan fingerprint density at radius 3 is 2.85 bits per heavy atom. The summed E-state index contributed by atoms with van der Waals surface area (Å²) in [6.45, 7) is 0. The Balaban J connectivity index is 2.03. The van der Waals surface area contributed by atoms with Gasteiger partial charge >= 0.3 is 0 Å². The highest BCUT2D eigenvalue weighted by molar-refractivity contribution is 6.31. The summed E-state index contributed by atoms with van der Waals surface area (Å²) in [6, 6.07) is 9.99.